The zero-order valence-corrected chi connectivity index (χ0v) is 21.3. The van der Waals surface area contributed by atoms with Crippen molar-refractivity contribution in [2.24, 2.45) is 5.92 Å². The van der Waals surface area contributed by atoms with Crippen LogP contribution in [0.3, 0.4) is 0 Å². The minimum Gasteiger partial charge on any atom is -0.396 e. The Kier molecular flexibility index (Phi) is 9.43. The van der Waals surface area contributed by atoms with Gasteiger partial charge in [-0.3, -0.25) is 9.59 Å². The number of halogens is 1. The summed E-state index contributed by atoms with van der Waals surface area (Å²) in [6, 6.07) is 5.46. The maximum atomic E-state index is 14.0. The van der Waals surface area contributed by atoms with Crippen molar-refractivity contribution in [3.63, 3.8) is 0 Å². The average Bonchev–Trinajstić information content (AvgIpc) is 3.35. The van der Waals surface area contributed by atoms with Gasteiger partial charge in [0.2, 0.25) is 29.7 Å². The summed E-state index contributed by atoms with van der Waals surface area (Å²) in [5.74, 6) is 0.0248. The quantitative estimate of drug-likeness (QED) is 0.186. The summed E-state index contributed by atoms with van der Waals surface area (Å²) in [4.78, 5) is 40.2. The van der Waals surface area contributed by atoms with E-state index in [0.717, 1.165) is 0 Å². The van der Waals surface area contributed by atoms with Crippen molar-refractivity contribution in [3.05, 3.63) is 30.1 Å². The van der Waals surface area contributed by atoms with E-state index in [4.69, 9.17) is 0 Å². The van der Waals surface area contributed by atoms with Gasteiger partial charge in [0.05, 0.1) is 11.6 Å². The van der Waals surface area contributed by atoms with Crippen molar-refractivity contribution in [1.82, 2.24) is 30.9 Å². The fourth-order valence-electron chi connectivity index (χ4n) is 4.43. The van der Waals surface area contributed by atoms with Gasteiger partial charge >= 0.3 is 0 Å². The Morgan fingerprint density at radius 2 is 2.05 bits per heavy atom. The highest BCUT2D eigenvalue weighted by atomic mass is 19.1. The Bertz CT molecular complexity index is 1110. The molecule has 2 fully saturated rings. The average molecular weight is 531 g/mol. The number of hydrogen-bond acceptors (Lipinski definition) is 11. The number of nitrogens with zero attached hydrogens (tertiary/aromatic N) is 4. The van der Waals surface area contributed by atoms with Gasteiger partial charge in [0.25, 0.3) is 0 Å². The molecule has 4 rings (SSSR count). The number of anilines is 4. The summed E-state index contributed by atoms with van der Waals surface area (Å²) in [5, 5.41) is 27.7. The van der Waals surface area contributed by atoms with Gasteiger partial charge in [-0.05, 0) is 25.0 Å². The van der Waals surface area contributed by atoms with Crippen molar-refractivity contribution in [1.29, 1.82) is 0 Å². The van der Waals surface area contributed by atoms with Gasteiger partial charge in [0.15, 0.2) is 0 Å². The van der Waals surface area contributed by atoms with Crippen molar-refractivity contribution in [2.45, 2.75) is 24.9 Å². The first kappa shape index (κ1) is 27.3. The summed E-state index contributed by atoms with van der Waals surface area (Å²) in [6.45, 7) is 2.64. The van der Waals surface area contributed by atoms with Crippen molar-refractivity contribution in [3.8, 4) is 0 Å². The molecule has 38 heavy (non-hydrogen) atoms. The molecular formula is C24H35FN10O3. The van der Waals surface area contributed by atoms with Gasteiger partial charge in [0.1, 0.15) is 11.9 Å². The standard InChI is InChI=1S/C24H35FN10O3/c1-26-22-32-23(31-16(7-11-36)13-29-18-5-3-2-4-17(18)25)34-24(33-22)35-10-9-27-14-19(35)21(38)30-12-15-6-8-28-20(15)37/h2-5,15-16,19,27,29,36H,6-14H2,1H3,(H,28,37)(H,30,38)(H2,26,31,32,33,34)/t15?,16-,19?/m0/s1. The van der Waals surface area contributed by atoms with Gasteiger partial charge < -0.3 is 41.9 Å². The number of para-hydroxylation sites is 1. The molecule has 13 nitrogen and oxygen atoms in total. The molecule has 2 saturated heterocycles. The minimum absolute atomic E-state index is 0.0438. The van der Waals surface area contributed by atoms with E-state index in [1.807, 2.05) is 4.90 Å². The van der Waals surface area contributed by atoms with Crippen LogP contribution in [0, 0.1) is 11.7 Å². The van der Waals surface area contributed by atoms with E-state index in [1.165, 1.54) is 6.07 Å². The molecule has 3 heterocycles. The van der Waals surface area contributed by atoms with Gasteiger partial charge in [-0.15, -0.1) is 0 Å². The van der Waals surface area contributed by atoms with Gasteiger partial charge in [-0.25, -0.2) is 4.39 Å². The van der Waals surface area contributed by atoms with Gasteiger partial charge in [0, 0.05) is 59.0 Å². The second-order valence-electron chi connectivity index (χ2n) is 9.18. The summed E-state index contributed by atoms with van der Waals surface area (Å²) in [5.41, 5.74) is 0.356. The number of benzene rings is 1. The molecule has 0 aliphatic carbocycles. The molecular weight excluding hydrogens is 495 g/mol. The molecule has 2 unspecified atom stereocenters. The van der Waals surface area contributed by atoms with Crippen LogP contribution in [0.2, 0.25) is 0 Å². The monoisotopic (exact) mass is 530 g/mol. The molecule has 0 radical (unpaired) electrons. The van der Waals surface area contributed by atoms with E-state index >= 15 is 0 Å². The SMILES string of the molecule is CNc1nc(N[C@@H](CCO)CNc2ccccc2F)nc(N2CCNCC2C(=O)NCC2CCNC2=O)n1. The molecule has 3 atom stereocenters. The first-order chi connectivity index (χ1) is 18.5. The van der Waals surface area contributed by atoms with E-state index in [2.05, 4.69) is 46.9 Å². The predicted octanol–water partition coefficient (Wildman–Crippen LogP) is -0.642. The number of piperazine rings is 1. The molecule has 7 N–H and O–H groups in total. The molecule has 2 aromatic rings. The van der Waals surface area contributed by atoms with E-state index in [0.29, 0.717) is 63.1 Å². The number of hydrogen-bond donors (Lipinski definition) is 7. The number of aromatic nitrogens is 3. The Hall–Kier alpha value is -3.78. The number of aliphatic hydroxyl groups is 1. The maximum Gasteiger partial charge on any atom is 0.244 e. The lowest BCUT2D eigenvalue weighted by molar-refractivity contribution is -0.124. The van der Waals surface area contributed by atoms with Crippen LogP contribution in [0.15, 0.2) is 24.3 Å². The first-order valence-corrected chi connectivity index (χ1v) is 12.8. The number of carbonyl (C=O) groups is 2. The highest BCUT2D eigenvalue weighted by Gasteiger charge is 2.33. The highest BCUT2D eigenvalue weighted by molar-refractivity contribution is 5.86. The van der Waals surface area contributed by atoms with Crippen LogP contribution in [0.4, 0.5) is 27.9 Å². The topological polar surface area (TPSA) is 168 Å². The van der Waals surface area contributed by atoms with Crippen LogP contribution in [0.1, 0.15) is 12.8 Å². The number of nitrogens with one attached hydrogen (secondary N) is 6. The lowest BCUT2D eigenvalue weighted by Gasteiger charge is -2.35. The largest absolute Gasteiger partial charge is 0.396 e. The molecule has 2 aliphatic rings. The third-order valence-corrected chi connectivity index (χ3v) is 6.56. The molecule has 0 saturated carbocycles. The third kappa shape index (κ3) is 6.95. The zero-order valence-electron chi connectivity index (χ0n) is 21.3. The van der Waals surface area contributed by atoms with Gasteiger partial charge in [-0.2, -0.15) is 15.0 Å². The van der Waals surface area contributed by atoms with E-state index in [-0.39, 0.29) is 48.7 Å². The van der Waals surface area contributed by atoms with Crippen LogP contribution >= 0.6 is 0 Å². The fourth-order valence-corrected chi connectivity index (χ4v) is 4.43. The lowest BCUT2D eigenvalue weighted by atomic mass is 10.1. The summed E-state index contributed by atoms with van der Waals surface area (Å²) >= 11 is 0. The molecule has 2 aliphatic heterocycles. The Balaban J connectivity index is 1.47. The van der Waals surface area contributed by atoms with Crippen molar-refractivity contribution < 1.29 is 19.1 Å². The molecule has 1 aromatic carbocycles. The summed E-state index contributed by atoms with van der Waals surface area (Å²) in [6.07, 6.45) is 1.06. The normalized spacial score (nSPS) is 20.0. The van der Waals surface area contributed by atoms with Crippen LogP contribution in [-0.4, -0.2) is 96.9 Å². The molecule has 14 heteroatoms. The van der Waals surface area contributed by atoms with E-state index in [1.54, 1.807) is 25.2 Å². The van der Waals surface area contributed by atoms with E-state index < -0.39 is 6.04 Å². The predicted molar refractivity (Wildman–Crippen MR) is 142 cm³/mol. The maximum absolute atomic E-state index is 14.0. The molecule has 206 valence electrons. The van der Waals surface area contributed by atoms with Crippen LogP contribution < -0.4 is 36.8 Å². The first-order valence-electron chi connectivity index (χ1n) is 12.8. The van der Waals surface area contributed by atoms with Crippen LogP contribution in [0.5, 0.6) is 0 Å². The van der Waals surface area contributed by atoms with Crippen LogP contribution in [0.25, 0.3) is 0 Å². The zero-order chi connectivity index (χ0) is 26.9. The Morgan fingerprint density at radius 1 is 1.24 bits per heavy atom. The second-order valence-corrected chi connectivity index (χ2v) is 9.18. The number of aliphatic hydroxyl groups excluding tert-OH is 1. The second kappa shape index (κ2) is 13.1. The van der Waals surface area contributed by atoms with Crippen molar-refractivity contribution >= 4 is 35.3 Å². The lowest BCUT2D eigenvalue weighted by Crippen LogP contribution is -2.59. The van der Waals surface area contributed by atoms with Gasteiger partial charge in [-0.1, -0.05) is 12.1 Å². The Morgan fingerprint density at radius 3 is 2.79 bits per heavy atom. The van der Waals surface area contributed by atoms with E-state index in [9.17, 15) is 19.1 Å². The number of rotatable bonds is 12. The fraction of sp³-hybridized carbons (Fsp3) is 0.542. The smallest absolute Gasteiger partial charge is 0.244 e. The summed E-state index contributed by atoms with van der Waals surface area (Å²) < 4.78 is 14.0. The molecule has 1 aromatic heterocycles. The van der Waals surface area contributed by atoms with Crippen LogP contribution in [-0.2, 0) is 9.59 Å². The highest BCUT2D eigenvalue weighted by Crippen LogP contribution is 2.19. The molecule has 0 spiro atoms. The summed E-state index contributed by atoms with van der Waals surface area (Å²) in [7, 11) is 1.68. The number of carbonyl (C=O) groups excluding carboxylic acids is 2. The van der Waals surface area contributed by atoms with Crippen molar-refractivity contribution in [2.75, 3.05) is 73.8 Å². The minimum atomic E-state index is -0.580. The molecule has 0 bridgehead atoms. The third-order valence-electron chi connectivity index (χ3n) is 6.56. The Labute approximate surface area is 220 Å². The number of amides is 2. The molecule has 2 amide bonds.